The van der Waals surface area contributed by atoms with Crippen LogP contribution < -0.4 is 10.7 Å². The number of fused-ring (bicyclic) bond motifs is 1. The van der Waals surface area contributed by atoms with E-state index in [1.807, 2.05) is 37.3 Å². The second kappa shape index (κ2) is 6.92. The van der Waals surface area contributed by atoms with Crippen molar-refractivity contribution >= 4 is 34.0 Å². The Labute approximate surface area is 136 Å². The zero-order valence-electron chi connectivity index (χ0n) is 12.8. The average molecular weight is 315 g/mol. The van der Waals surface area contributed by atoms with Crippen LogP contribution in [0.5, 0.6) is 0 Å². The van der Waals surface area contributed by atoms with Gasteiger partial charge >= 0.3 is 0 Å². The van der Waals surface area contributed by atoms with Crippen LogP contribution in [0.3, 0.4) is 0 Å². The van der Waals surface area contributed by atoms with Gasteiger partial charge in [-0.1, -0.05) is 37.5 Å². The first-order chi connectivity index (χ1) is 10.7. The summed E-state index contributed by atoms with van der Waals surface area (Å²) in [6.45, 7) is 1.91. The van der Waals surface area contributed by atoms with Gasteiger partial charge in [-0.25, -0.2) is 0 Å². The van der Waals surface area contributed by atoms with Crippen LogP contribution in [0.25, 0.3) is 11.0 Å². The van der Waals surface area contributed by atoms with Crippen LogP contribution in [0.4, 0.5) is 0 Å². The molecule has 4 nitrogen and oxygen atoms in total. The highest BCUT2D eigenvalue weighted by atomic mass is 32.1. The van der Waals surface area contributed by atoms with Crippen molar-refractivity contribution in [2.75, 3.05) is 0 Å². The van der Waals surface area contributed by atoms with Crippen molar-refractivity contribution in [2.45, 2.75) is 45.1 Å². The molecule has 0 atom stereocenters. The van der Waals surface area contributed by atoms with Crippen LogP contribution in [0.15, 0.2) is 39.9 Å². The highest BCUT2D eigenvalue weighted by Gasteiger charge is 2.13. The van der Waals surface area contributed by atoms with Gasteiger partial charge in [-0.2, -0.15) is 5.10 Å². The fourth-order valence-electron chi connectivity index (χ4n) is 2.81. The Bertz CT molecular complexity index is 653. The van der Waals surface area contributed by atoms with E-state index < -0.39 is 0 Å². The van der Waals surface area contributed by atoms with Crippen molar-refractivity contribution in [2.24, 2.45) is 5.10 Å². The number of benzene rings is 1. The minimum absolute atomic E-state index is 0.482. The van der Waals surface area contributed by atoms with Gasteiger partial charge in [-0.3, -0.25) is 5.43 Å². The number of nitrogens with zero attached hydrogens (tertiary/aromatic N) is 1. The van der Waals surface area contributed by atoms with Crippen LogP contribution in [-0.4, -0.2) is 16.9 Å². The first kappa shape index (κ1) is 15.0. The van der Waals surface area contributed by atoms with Gasteiger partial charge in [0.2, 0.25) is 0 Å². The molecule has 1 aliphatic rings. The molecule has 1 aromatic heterocycles. The zero-order valence-corrected chi connectivity index (χ0v) is 13.6. The summed E-state index contributed by atoms with van der Waals surface area (Å²) < 4.78 is 5.78. The lowest BCUT2D eigenvalue weighted by molar-refractivity contribution is 0.412. The van der Waals surface area contributed by atoms with Gasteiger partial charge in [0.1, 0.15) is 11.3 Å². The van der Waals surface area contributed by atoms with Gasteiger partial charge in [0.15, 0.2) is 10.9 Å². The van der Waals surface area contributed by atoms with Gasteiger partial charge < -0.3 is 9.73 Å². The lowest BCUT2D eigenvalue weighted by Crippen LogP contribution is -2.41. The van der Waals surface area contributed by atoms with Gasteiger partial charge in [0.05, 0.1) is 0 Å². The first-order valence-electron chi connectivity index (χ1n) is 7.82. The molecule has 22 heavy (non-hydrogen) atoms. The van der Waals surface area contributed by atoms with E-state index >= 15 is 0 Å². The predicted molar refractivity (Wildman–Crippen MR) is 94.2 cm³/mol. The van der Waals surface area contributed by atoms with E-state index in [0.29, 0.717) is 11.2 Å². The standard InChI is InChI=1S/C17H21N3OS/c1-12(16-11-13-7-5-6-10-15(13)21-16)19-20-17(22)18-14-8-3-2-4-9-14/h5-7,10-11,14H,2-4,8-9H2,1H3,(H2,18,20,22). The molecule has 116 valence electrons. The third-order valence-electron chi connectivity index (χ3n) is 4.05. The monoisotopic (exact) mass is 315 g/mol. The van der Waals surface area contributed by atoms with Crippen LogP contribution in [0, 0.1) is 0 Å². The van der Waals surface area contributed by atoms with E-state index in [0.717, 1.165) is 22.4 Å². The summed E-state index contributed by atoms with van der Waals surface area (Å²) in [5.41, 5.74) is 4.57. The molecule has 1 fully saturated rings. The Morgan fingerprint density at radius 2 is 2.00 bits per heavy atom. The molecule has 0 aliphatic heterocycles. The summed E-state index contributed by atoms with van der Waals surface area (Å²) >= 11 is 5.31. The quantitative estimate of drug-likeness (QED) is 0.511. The van der Waals surface area contributed by atoms with E-state index in [2.05, 4.69) is 15.8 Å². The van der Waals surface area contributed by atoms with E-state index in [9.17, 15) is 0 Å². The molecular weight excluding hydrogens is 294 g/mol. The molecule has 1 aromatic carbocycles. The van der Waals surface area contributed by atoms with Crippen molar-refractivity contribution < 1.29 is 4.42 Å². The molecule has 0 radical (unpaired) electrons. The van der Waals surface area contributed by atoms with Gasteiger partial charge in [0, 0.05) is 11.4 Å². The number of hydrogen-bond acceptors (Lipinski definition) is 3. The van der Waals surface area contributed by atoms with Crippen LogP contribution in [0.1, 0.15) is 44.8 Å². The van der Waals surface area contributed by atoms with E-state index in [-0.39, 0.29) is 0 Å². The van der Waals surface area contributed by atoms with E-state index in [1.165, 1.54) is 32.1 Å². The molecule has 3 rings (SSSR count). The van der Waals surface area contributed by atoms with Gasteiger partial charge in [-0.05, 0) is 44.1 Å². The third-order valence-corrected chi connectivity index (χ3v) is 4.26. The fraction of sp³-hybridized carbons (Fsp3) is 0.412. The molecule has 5 heteroatoms. The molecule has 0 saturated heterocycles. The van der Waals surface area contributed by atoms with Crippen LogP contribution >= 0.6 is 12.2 Å². The fourth-order valence-corrected chi connectivity index (χ4v) is 3.03. The minimum Gasteiger partial charge on any atom is -0.455 e. The Morgan fingerprint density at radius 3 is 2.77 bits per heavy atom. The Hall–Kier alpha value is -1.88. The number of para-hydroxylation sites is 1. The number of hydrazone groups is 1. The normalized spacial score (nSPS) is 16.7. The van der Waals surface area contributed by atoms with E-state index in [1.54, 1.807) is 0 Å². The summed E-state index contributed by atoms with van der Waals surface area (Å²) in [7, 11) is 0. The zero-order chi connectivity index (χ0) is 15.4. The van der Waals surface area contributed by atoms with Crippen molar-refractivity contribution in [3.05, 3.63) is 36.1 Å². The molecular formula is C17H21N3OS. The maximum atomic E-state index is 5.78. The molecule has 0 bridgehead atoms. The molecule has 2 N–H and O–H groups in total. The lowest BCUT2D eigenvalue weighted by Gasteiger charge is -2.23. The largest absolute Gasteiger partial charge is 0.455 e. The predicted octanol–water partition coefficient (Wildman–Crippen LogP) is 3.95. The Kier molecular flexibility index (Phi) is 4.73. The topological polar surface area (TPSA) is 49.6 Å². The number of thiocarbonyl (C=S) groups is 1. The molecule has 1 saturated carbocycles. The molecule has 1 aliphatic carbocycles. The number of rotatable bonds is 3. The smallest absolute Gasteiger partial charge is 0.187 e. The molecule has 0 unspecified atom stereocenters. The van der Waals surface area contributed by atoms with Crippen LogP contribution in [-0.2, 0) is 0 Å². The van der Waals surface area contributed by atoms with Gasteiger partial charge in [0.25, 0.3) is 0 Å². The number of furan rings is 1. The average Bonchev–Trinajstić information content (AvgIpc) is 2.98. The van der Waals surface area contributed by atoms with Crippen molar-refractivity contribution in [1.29, 1.82) is 0 Å². The summed E-state index contributed by atoms with van der Waals surface area (Å²) in [5.74, 6) is 0.758. The van der Waals surface area contributed by atoms with Crippen molar-refractivity contribution in [3.63, 3.8) is 0 Å². The van der Waals surface area contributed by atoms with Gasteiger partial charge in [-0.15, -0.1) is 0 Å². The lowest BCUT2D eigenvalue weighted by atomic mass is 9.96. The number of nitrogens with one attached hydrogen (secondary N) is 2. The molecule has 2 aromatic rings. The highest BCUT2D eigenvalue weighted by molar-refractivity contribution is 7.80. The highest BCUT2D eigenvalue weighted by Crippen LogP contribution is 2.19. The SMILES string of the molecule is CC(=NNC(=S)NC1CCCCC1)c1cc2ccccc2o1. The number of hydrogen-bond donors (Lipinski definition) is 2. The summed E-state index contributed by atoms with van der Waals surface area (Å²) in [6, 6.07) is 10.4. The Morgan fingerprint density at radius 1 is 1.23 bits per heavy atom. The summed E-state index contributed by atoms with van der Waals surface area (Å²) in [4.78, 5) is 0. The minimum atomic E-state index is 0.482. The Balaban J connectivity index is 1.60. The second-order valence-corrected chi connectivity index (χ2v) is 6.17. The van der Waals surface area contributed by atoms with Crippen LogP contribution in [0.2, 0.25) is 0 Å². The molecule has 0 spiro atoms. The maximum Gasteiger partial charge on any atom is 0.187 e. The van der Waals surface area contributed by atoms with Crippen molar-refractivity contribution in [1.82, 2.24) is 10.7 Å². The van der Waals surface area contributed by atoms with E-state index in [4.69, 9.17) is 16.6 Å². The second-order valence-electron chi connectivity index (χ2n) is 5.77. The molecule has 1 heterocycles. The van der Waals surface area contributed by atoms with Crippen molar-refractivity contribution in [3.8, 4) is 0 Å². The maximum absolute atomic E-state index is 5.78. The summed E-state index contributed by atoms with van der Waals surface area (Å²) in [5, 5.41) is 9.32. The molecule has 0 amide bonds. The summed E-state index contributed by atoms with van der Waals surface area (Å²) in [6.07, 6.45) is 6.27. The third kappa shape index (κ3) is 3.65. The first-order valence-corrected chi connectivity index (χ1v) is 8.23.